The third-order valence-electron chi connectivity index (χ3n) is 4.77. The number of aromatic nitrogens is 4. The second kappa shape index (κ2) is 7.98. The number of hydrogen-bond donors (Lipinski definition) is 0. The third kappa shape index (κ3) is 3.83. The molecule has 0 radical (unpaired) electrons. The van der Waals surface area contributed by atoms with Gasteiger partial charge in [0.25, 0.3) is 5.69 Å². The van der Waals surface area contributed by atoms with Gasteiger partial charge in [-0.2, -0.15) is 4.52 Å². The van der Waals surface area contributed by atoms with Crippen molar-refractivity contribution in [2.75, 3.05) is 0 Å². The van der Waals surface area contributed by atoms with Gasteiger partial charge in [-0.05, 0) is 42.0 Å². The summed E-state index contributed by atoms with van der Waals surface area (Å²) in [6.07, 6.45) is 0. The number of fused-ring (bicyclic) bond motifs is 3. The van der Waals surface area contributed by atoms with Crippen LogP contribution in [0.25, 0.3) is 27.9 Å². The Morgan fingerprint density at radius 3 is 2.45 bits per heavy atom. The highest BCUT2D eigenvalue weighted by atomic mass is 35.5. The monoisotopic (exact) mass is 447 g/mol. The molecule has 2 aromatic heterocycles. The molecule has 0 fully saturated rings. The summed E-state index contributed by atoms with van der Waals surface area (Å²) in [6, 6.07) is 21.7. The molecule has 7 nitrogen and oxygen atoms in total. The molecule has 5 rings (SSSR count). The van der Waals surface area contributed by atoms with Crippen LogP contribution in [0.3, 0.4) is 0 Å². The Balaban J connectivity index is 1.59. The van der Waals surface area contributed by atoms with E-state index in [1.807, 2.05) is 48.5 Å². The Labute approximate surface area is 185 Å². The maximum Gasteiger partial charge on any atom is 0.269 e. The van der Waals surface area contributed by atoms with Gasteiger partial charge in [-0.3, -0.25) is 10.1 Å². The first-order chi connectivity index (χ1) is 15.1. The van der Waals surface area contributed by atoms with Crippen molar-refractivity contribution in [3.8, 4) is 11.4 Å². The van der Waals surface area contributed by atoms with Crippen LogP contribution in [0.4, 0.5) is 5.69 Å². The van der Waals surface area contributed by atoms with E-state index in [4.69, 9.17) is 21.6 Å². The average molecular weight is 448 g/mol. The topological polar surface area (TPSA) is 86.2 Å². The number of benzene rings is 3. The number of nitrogens with zero attached hydrogens (tertiary/aromatic N) is 5. The van der Waals surface area contributed by atoms with E-state index in [2.05, 4.69) is 5.10 Å². The smallest absolute Gasteiger partial charge is 0.258 e. The van der Waals surface area contributed by atoms with E-state index >= 15 is 0 Å². The van der Waals surface area contributed by atoms with Gasteiger partial charge in [0.1, 0.15) is 0 Å². The number of thioether (sulfide) groups is 1. The molecule has 0 N–H and O–H groups in total. The van der Waals surface area contributed by atoms with E-state index in [-0.39, 0.29) is 5.69 Å². The predicted molar refractivity (Wildman–Crippen MR) is 121 cm³/mol. The quantitative estimate of drug-likeness (QED) is 0.146. The zero-order valence-corrected chi connectivity index (χ0v) is 17.5. The van der Waals surface area contributed by atoms with Crippen LogP contribution in [0.5, 0.6) is 0 Å². The van der Waals surface area contributed by atoms with E-state index < -0.39 is 4.92 Å². The van der Waals surface area contributed by atoms with Crippen molar-refractivity contribution in [3.05, 3.63) is 93.5 Å². The highest BCUT2D eigenvalue weighted by Crippen LogP contribution is 2.29. The fourth-order valence-corrected chi connectivity index (χ4v) is 4.23. The Bertz CT molecular complexity index is 1420. The molecule has 0 saturated heterocycles. The zero-order chi connectivity index (χ0) is 21.4. The molecule has 0 spiro atoms. The summed E-state index contributed by atoms with van der Waals surface area (Å²) in [4.78, 5) is 20.0. The Morgan fingerprint density at radius 2 is 1.71 bits per heavy atom. The molecule has 0 saturated carbocycles. The van der Waals surface area contributed by atoms with Gasteiger partial charge >= 0.3 is 0 Å². The molecule has 152 valence electrons. The summed E-state index contributed by atoms with van der Waals surface area (Å²) in [5, 5.41) is 17.9. The maximum absolute atomic E-state index is 10.9. The van der Waals surface area contributed by atoms with Gasteiger partial charge in [0.2, 0.25) is 0 Å². The minimum atomic E-state index is -0.427. The van der Waals surface area contributed by atoms with Crippen LogP contribution < -0.4 is 0 Å². The van der Waals surface area contributed by atoms with Crippen LogP contribution in [-0.2, 0) is 5.75 Å². The van der Waals surface area contributed by atoms with Crippen LogP contribution >= 0.6 is 23.4 Å². The van der Waals surface area contributed by atoms with Crippen LogP contribution in [0.2, 0.25) is 5.02 Å². The highest BCUT2D eigenvalue weighted by molar-refractivity contribution is 7.98. The van der Waals surface area contributed by atoms with Crippen LogP contribution in [-0.4, -0.2) is 24.5 Å². The second-order valence-corrected chi connectivity index (χ2v) is 8.18. The lowest BCUT2D eigenvalue weighted by atomic mass is 10.2. The van der Waals surface area contributed by atoms with Gasteiger partial charge < -0.3 is 0 Å². The van der Waals surface area contributed by atoms with Gasteiger partial charge in [0, 0.05) is 33.9 Å². The van der Waals surface area contributed by atoms with Crippen LogP contribution in [0, 0.1) is 10.1 Å². The number of halogens is 1. The molecule has 0 bridgehead atoms. The third-order valence-corrected chi connectivity index (χ3v) is 6.02. The van der Waals surface area contributed by atoms with Gasteiger partial charge in [0.15, 0.2) is 16.6 Å². The summed E-state index contributed by atoms with van der Waals surface area (Å²) in [5.74, 6) is 1.19. The number of hydrogen-bond acceptors (Lipinski definition) is 6. The van der Waals surface area contributed by atoms with Crippen LogP contribution in [0.1, 0.15) is 5.56 Å². The first-order valence-electron chi connectivity index (χ1n) is 9.36. The Morgan fingerprint density at radius 1 is 0.968 bits per heavy atom. The molecule has 0 aliphatic carbocycles. The summed E-state index contributed by atoms with van der Waals surface area (Å²) in [6.45, 7) is 0. The molecule has 0 atom stereocenters. The number of non-ortho nitro benzene ring substituents is 1. The van der Waals surface area contributed by atoms with Crippen molar-refractivity contribution >= 4 is 45.6 Å². The molecular formula is C22H14ClN5O2S. The lowest BCUT2D eigenvalue weighted by Crippen LogP contribution is -1.98. The van der Waals surface area contributed by atoms with E-state index in [1.54, 1.807) is 28.4 Å². The van der Waals surface area contributed by atoms with E-state index in [0.717, 1.165) is 16.5 Å². The van der Waals surface area contributed by atoms with E-state index in [9.17, 15) is 10.1 Å². The van der Waals surface area contributed by atoms with Crippen molar-refractivity contribution in [1.29, 1.82) is 0 Å². The first-order valence-corrected chi connectivity index (χ1v) is 10.7. The zero-order valence-electron chi connectivity index (χ0n) is 16.0. The molecule has 0 amide bonds. The molecule has 0 unspecified atom stereocenters. The average Bonchev–Trinajstić information content (AvgIpc) is 3.24. The molecule has 3 aromatic carbocycles. The van der Waals surface area contributed by atoms with Gasteiger partial charge in [0.05, 0.1) is 10.4 Å². The standard InChI is InChI=1S/C22H14ClN5O2S/c23-16-9-5-14(6-10-16)13-31-22-24-19-4-2-1-3-18(19)21-25-20(26-27(21)22)15-7-11-17(12-8-15)28(29)30/h1-12H,13H2. The van der Waals surface area contributed by atoms with E-state index in [0.29, 0.717) is 33.0 Å². The lowest BCUT2D eigenvalue weighted by molar-refractivity contribution is -0.384. The second-order valence-electron chi connectivity index (χ2n) is 6.80. The number of rotatable bonds is 5. The Kier molecular flexibility index (Phi) is 5.01. The number of nitro groups is 1. The largest absolute Gasteiger partial charge is 0.269 e. The van der Waals surface area contributed by atoms with Crippen LogP contribution in [0.15, 0.2) is 78.0 Å². The van der Waals surface area contributed by atoms with Gasteiger partial charge in [-0.15, -0.1) is 5.10 Å². The van der Waals surface area contributed by atoms with Crippen molar-refractivity contribution < 1.29 is 4.92 Å². The summed E-state index contributed by atoms with van der Waals surface area (Å²) in [7, 11) is 0. The SMILES string of the molecule is O=[N+]([O-])c1ccc(-c2nc3c4ccccc4nc(SCc4ccc(Cl)cc4)n3n2)cc1. The molecule has 2 heterocycles. The molecule has 31 heavy (non-hydrogen) atoms. The molecule has 0 aliphatic heterocycles. The molecule has 5 aromatic rings. The van der Waals surface area contributed by atoms with Gasteiger partial charge in [-0.1, -0.05) is 47.6 Å². The number of nitro benzene ring substituents is 1. The molecule has 9 heteroatoms. The Hall–Kier alpha value is -3.49. The van der Waals surface area contributed by atoms with Crippen molar-refractivity contribution in [1.82, 2.24) is 19.6 Å². The highest BCUT2D eigenvalue weighted by Gasteiger charge is 2.16. The van der Waals surface area contributed by atoms with Gasteiger partial charge in [-0.25, -0.2) is 9.97 Å². The minimum Gasteiger partial charge on any atom is -0.258 e. The summed E-state index contributed by atoms with van der Waals surface area (Å²) >= 11 is 7.54. The van der Waals surface area contributed by atoms with E-state index in [1.165, 1.54) is 12.1 Å². The minimum absolute atomic E-state index is 0.0267. The van der Waals surface area contributed by atoms with Crippen molar-refractivity contribution in [2.24, 2.45) is 0 Å². The predicted octanol–water partition coefficient (Wildman–Crippen LogP) is 5.80. The van der Waals surface area contributed by atoms with Crippen molar-refractivity contribution in [2.45, 2.75) is 10.9 Å². The molecular weight excluding hydrogens is 434 g/mol. The summed E-state index contributed by atoms with van der Waals surface area (Å²) in [5.41, 5.74) is 3.37. The molecule has 0 aliphatic rings. The first kappa shape index (κ1) is 19.5. The normalized spacial score (nSPS) is 11.3. The maximum atomic E-state index is 10.9. The lowest BCUT2D eigenvalue weighted by Gasteiger charge is -2.06. The fourth-order valence-electron chi connectivity index (χ4n) is 3.21. The fraction of sp³-hybridized carbons (Fsp3) is 0.0455. The summed E-state index contributed by atoms with van der Waals surface area (Å²) < 4.78 is 1.74. The van der Waals surface area contributed by atoms with Crippen molar-refractivity contribution in [3.63, 3.8) is 0 Å². The number of para-hydroxylation sites is 1.